The number of sulfone groups is 1. The van der Waals surface area contributed by atoms with E-state index in [0.29, 0.717) is 38.6 Å². The fourth-order valence-corrected chi connectivity index (χ4v) is 9.73. The second-order valence-corrected chi connectivity index (χ2v) is 16.6. The van der Waals surface area contributed by atoms with Gasteiger partial charge in [0.15, 0.2) is 0 Å². The fraction of sp³-hybridized carbons (Fsp3) is 0.421. The van der Waals surface area contributed by atoms with Crippen LogP contribution in [0, 0.1) is 11.3 Å². The standard InChI is InChI=1S/C38H42N8O3S/c1-43-31-23-40-36-33(34(31)38(37(43)47)14-20-45(21-15-38)17-5-16-39)32(28-6-4-7-30-29(28)22-41-44(30)2)35(42-36)26-10-8-25(9-11-26)24-46-18-12-27(13-19-46)50(3,48)49/h4,6-11,22-23,27H,5,12-15,17-21,24H2,1-3H3,(H,40,42). The summed E-state index contributed by atoms with van der Waals surface area (Å²) in [4.78, 5) is 29.4. The molecule has 11 nitrogen and oxygen atoms in total. The zero-order valence-corrected chi connectivity index (χ0v) is 29.6. The molecule has 2 saturated heterocycles. The topological polar surface area (TPSA) is 131 Å². The molecule has 1 amide bonds. The molecule has 0 bridgehead atoms. The Labute approximate surface area is 292 Å². The van der Waals surface area contributed by atoms with E-state index >= 15 is 0 Å². The Kier molecular flexibility index (Phi) is 8.05. The summed E-state index contributed by atoms with van der Waals surface area (Å²) in [6.45, 7) is 4.52. The maximum Gasteiger partial charge on any atom is 0.237 e. The molecule has 6 heterocycles. The number of carbonyl (C=O) groups is 1. The lowest BCUT2D eigenvalue weighted by molar-refractivity contribution is -0.124. The van der Waals surface area contributed by atoms with Crippen LogP contribution in [0.2, 0.25) is 0 Å². The molecule has 5 aromatic rings. The van der Waals surface area contributed by atoms with Gasteiger partial charge < -0.3 is 14.8 Å². The summed E-state index contributed by atoms with van der Waals surface area (Å²) in [5.41, 5.74) is 8.18. The predicted molar refractivity (Wildman–Crippen MR) is 195 cm³/mol. The number of carbonyl (C=O) groups excluding carboxylic acids is 1. The molecule has 3 aliphatic heterocycles. The van der Waals surface area contributed by atoms with Crippen LogP contribution >= 0.6 is 0 Å². The van der Waals surface area contributed by atoms with Gasteiger partial charge in [-0.3, -0.25) is 14.4 Å². The molecule has 3 aromatic heterocycles. The van der Waals surface area contributed by atoms with Crippen molar-refractivity contribution in [1.82, 2.24) is 29.5 Å². The van der Waals surface area contributed by atoms with E-state index in [4.69, 9.17) is 4.98 Å². The number of hydrogen-bond acceptors (Lipinski definition) is 8. The minimum atomic E-state index is -3.01. The van der Waals surface area contributed by atoms with Gasteiger partial charge in [0.05, 0.1) is 46.0 Å². The van der Waals surface area contributed by atoms with Crippen molar-refractivity contribution in [3.63, 3.8) is 0 Å². The average molecular weight is 691 g/mol. The van der Waals surface area contributed by atoms with Crippen LogP contribution in [0.3, 0.4) is 0 Å². The number of likely N-dealkylation sites (N-methyl/N-ethyl adjacent to an activating group) is 1. The number of aromatic amines is 1. The van der Waals surface area contributed by atoms with Crippen molar-refractivity contribution >= 4 is 43.4 Å². The number of hydrogen-bond donors (Lipinski definition) is 1. The van der Waals surface area contributed by atoms with Crippen molar-refractivity contribution < 1.29 is 13.2 Å². The number of aryl methyl sites for hydroxylation is 1. The van der Waals surface area contributed by atoms with Crippen LogP contribution in [0.25, 0.3) is 44.3 Å². The van der Waals surface area contributed by atoms with Gasteiger partial charge in [0.25, 0.3) is 0 Å². The maximum absolute atomic E-state index is 14.3. The van der Waals surface area contributed by atoms with Gasteiger partial charge in [0.1, 0.15) is 15.5 Å². The zero-order valence-electron chi connectivity index (χ0n) is 28.8. The van der Waals surface area contributed by atoms with E-state index in [9.17, 15) is 18.5 Å². The number of piperidine rings is 2. The normalized spacial score (nSPS) is 18.8. The molecule has 2 fully saturated rings. The highest BCUT2D eigenvalue weighted by Crippen LogP contribution is 2.53. The highest BCUT2D eigenvalue weighted by molar-refractivity contribution is 7.91. The number of aromatic nitrogens is 4. The first-order valence-corrected chi connectivity index (χ1v) is 19.4. The summed E-state index contributed by atoms with van der Waals surface area (Å²) in [6, 6.07) is 17.2. The Morgan fingerprint density at radius 3 is 2.44 bits per heavy atom. The smallest absolute Gasteiger partial charge is 0.237 e. The minimum absolute atomic E-state index is 0.111. The molecule has 0 aliphatic carbocycles. The first-order valence-electron chi connectivity index (χ1n) is 17.4. The van der Waals surface area contributed by atoms with Gasteiger partial charge in [-0.25, -0.2) is 13.4 Å². The van der Waals surface area contributed by atoms with Crippen LogP contribution in [-0.2, 0) is 33.6 Å². The number of nitrogens with zero attached hydrogens (tertiary/aromatic N) is 7. The van der Waals surface area contributed by atoms with E-state index in [-0.39, 0.29) is 11.2 Å². The lowest BCUT2D eigenvalue weighted by Gasteiger charge is -2.38. The SMILES string of the molecule is CN1C(=O)C2(CCN(CCC#N)CC2)c2c1cnc1[nH]c(-c3ccc(CN4CCC(S(C)(=O)=O)CC4)cc3)c(-c3cccc4c3cnn4C)c21. The van der Waals surface area contributed by atoms with Gasteiger partial charge in [0.2, 0.25) is 5.91 Å². The van der Waals surface area contributed by atoms with E-state index in [1.54, 1.807) is 4.90 Å². The number of pyridine rings is 1. The first kappa shape index (κ1) is 32.6. The number of likely N-dealkylation sites (tertiary alicyclic amines) is 2. The third-order valence-electron chi connectivity index (χ3n) is 11.5. The quantitative estimate of drug-likeness (QED) is 0.252. The third-order valence-corrected chi connectivity index (χ3v) is 13.1. The molecule has 258 valence electrons. The first-order chi connectivity index (χ1) is 24.1. The molecule has 1 spiro atoms. The lowest BCUT2D eigenvalue weighted by atomic mass is 9.72. The summed E-state index contributed by atoms with van der Waals surface area (Å²) < 4.78 is 26.0. The molecule has 8 rings (SSSR count). The second kappa shape index (κ2) is 12.3. The molecule has 12 heteroatoms. The number of amides is 1. The summed E-state index contributed by atoms with van der Waals surface area (Å²) in [5.74, 6) is 0.111. The van der Waals surface area contributed by atoms with Gasteiger partial charge in [-0.15, -0.1) is 0 Å². The van der Waals surface area contributed by atoms with Crippen LogP contribution in [0.5, 0.6) is 0 Å². The summed E-state index contributed by atoms with van der Waals surface area (Å²) in [5, 5.41) is 15.6. The van der Waals surface area contributed by atoms with E-state index in [2.05, 4.69) is 68.4 Å². The van der Waals surface area contributed by atoms with Crippen molar-refractivity contribution in [2.45, 2.75) is 49.3 Å². The summed E-state index contributed by atoms with van der Waals surface area (Å²) >= 11 is 0. The van der Waals surface area contributed by atoms with Crippen molar-refractivity contribution in [2.75, 3.05) is 50.9 Å². The molecule has 0 saturated carbocycles. The number of rotatable bonds is 7. The lowest BCUT2D eigenvalue weighted by Crippen LogP contribution is -2.48. The Balaban J connectivity index is 1.24. The van der Waals surface area contributed by atoms with Gasteiger partial charge >= 0.3 is 0 Å². The fourth-order valence-electron chi connectivity index (χ4n) is 8.66. The molecule has 1 N–H and O–H groups in total. The second-order valence-electron chi connectivity index (χ2n) is 14.3. The van der Waals surface area contributed by atoms with Crippen molar-refractivity contribution in [1.29, 1.82) is 5.26 Å². The number of H-pyrrole nitrogens is 1. The largest absolute Gasteiger partial charge is 0.339 e. The number of fused-ring (bicyclic) bond motifs is 5. The Morgan fingerprint density at radius 2 is 1.74 bits per heavy atom. The average Bonchev–Trinajstić information content (AvgIpc) is 3.76. The molecule has 0 atom stereocenters. The summed E-state index contributed by atoms with van der Waals surface area (Å²) in [7, 11) is 0.806. The highest BCUT2D eigenvalue weighted by Gasteiger charge is 2.53. The Bertz CT molecular complexity index is 2270. The number of nitriles is 1. The Morgan fingerprint density at radius 1 is 1.00 bits per heavy atom. The zero-order chi connectivity index (χ0) is 34.8. The minimum Gasteiger partial charge on any atom is -0.339 e. The molecular weight excluding hydrogens is 649 g/mol. The van der Waals surface area contributed by atoms with Crippen molar-refractivity contribution in [3.8, 4) is 28.5 Å². The van der Waals surface area contributed by atoms with E-state index in [0.717, 1.165) is 88.3 Å². The molecule has 0 unspecified atom stereocenters. The van der Waals surface area contributed by atoms with Crippen molar-refractivity contribution in [2.24, 2.45) is 7.05 Å². The van der Waals surface area contributed by atoms with Crippen LogP contribution in [-0.4, -0.2) is 95.2 Å². The number of anilines is 1. The van der Waals surface area contributed by atoms with Crippen LogP contribution in [0.4, 0.5) is 5.69 Å². The highest BCUT2D eigenvalue weighted by atomic mass is 32.2. The number of benzene rings is 2. The van der Waals surface area contributed by atoms with Crippen LogP contribution in [0.1, 0.15) is 43.2 Å². The van der Waals surface area contributed by atoms with Crippen LogP contribution in [0.15, 0.2) is 54.9 Å². The maximum atomic E-state index is 14.3. The Hall–Kier alpha value is -4.57. The summed E-state index contributed by atoms with van der Waals surface area (Å²) in [6.07, 6.45) is 8.29. The monoisotopic (exact) mass is 690 g/mol. The van der Waals surface area contributed by atoms with Crippen LogP contribution < -0.4 is 4.90 Å². The van der Waals surface area contributed by atoms with E-state index < -0.39 is 15.3 Å². The third kappa shape index (κ3) is 5.30. The van der Waals surface area contributed by atoms with Gasteiger partial charge in [-0.05, 0) is 74.6 Å². The van der Waals surface area contributed by atoms with Gasteiger partial charge in [-0.2, -0.15) is 10.4 Å². The predicted octanol–water partition coefficient (Wildman–Crippen LogP) is 5.02. The molecule has 50 heavy (non-hydrogen) atoms. The molecular formula is C38H42N8O3S. The van der Waals surface area contributed by atoms with Crippen molar-refractivity contribution in [3.05, 3.63) is 66.0 Å². The number of nitrogens with one attached hydrogen (secondary N) is 1. The van der Waals surface area contributed by atoms with Gasteiger partial charge in [-0.1, -0.05) is 36.4 Å². The molecule has 3 aliphatic rings. The molecule has 2 aromatic carbocycles. The van der Waals surface area contributed by atoms with Gasteiger partial charge in [0, 0.05) is 61.8 Å². The molecule has 0 radical (unpaired) electrons. The van der Waals surface area contributed by atoms with E-state index in [1.165, 1.54) is 11.8 Å². The van der Waals surface area contributed by atoms with E-state index in [1.807, 2.05) is 31.2 Å².